The molecule has 22 heavy (non-hydrogen) atoms. The Bertz CT molecular complexity index is 630. The summed E-state index contributed by atoms with van der Waals surface area (Å²) in [4.78, 5) is 14.0. The number of ether oxygens (including phenoxy) is 1. The summed E-state index contributed by atoms with van der Waals surface area (Å²) in [6, 6.07) is 11.0. The zero-order valence-electron chi connectivity index (χ0n) is 12.0. The van der Waals surface area contributed by atoms with Crippen LogP contribution in [0.5, 0.6) is 0 Å². The molecule has 3 rings (SSSR count). The van der Waals surface area contributed by atoms with Gasteiger partial charge in [0.1, 0.15) is 11.9 Å². The van der Waals surface area contributed by atoms with Crippen LogP contribution in [0.15, 0.2) is 47.1 Å². The second-order valence-corrected chi connectivity index (χ2v) is 5.47. The highest BCUT2D eigenvalue weighted by Crippen LogP contribution is 2.28. The first-order chi connectivity index (χ1) is 10.7. The quantitative estimate of drug-likeness (QED) is 0.944. The molecule has 6 heteroatoms. The molecule has 2 aromatic rings. The average molecular weight is 321 g/mol. The Morgan fingerprint density at radius 3 is 2.95 bits per heavy atom. The molecule has 0 radical (unpaired) electrons. The van der Waals surface area contributed by atoms with Crippen molar-refractivity contribution in [2.45, 2.75) is 12.6 Å². The number of carbonyl (C=O) groups excluding carboxylic acids is 1. The molecule has 2 heterocycles. The molecule has 1 saturated heterocycles. The third kappa shape index (κ3) is 3.43. The third-order valence-electron chi connectivity index (χ3n) is 3.60. The lowest BCUT2D eigenvalue weighted by Gasteiger charge is -2.33. The maximum absolute atomic E-state index is 12.2. The Balaban J connectivity index is 1.60. The average Bonchev–Trinajstić information content (AvgIpc) is 3.06. The Hall–Kier alpha value is -1.98. The Labute approximate surface area is 133 Å². The van der Waals surface area contributed by atoms with Gasteiger partial charge in [0.05, 0.1) is 26.0 Å². The summed E-state index contributed by atoms with van der Waals surface area (Å²) in [6.07, 6.45) is 1.39. The predicted molar refractivity (Wildman–Crippen MR) is 82.7 cm³/mol. The number of halogens is 1. The molecular formula is C16H17ClN2O3. The second kappa shape index (κ2) is 6.85. The number of furan rings is 1. The number of carbonyl (C=O) groups is 1. The fourth-order valence-corrected chi connectivity index (χ4v) is 2.70. The van der Waals surface area contributed by atoms with Gasteiger partial charge in [-0.05, 0) is 18.2 Å². The minimum absolute atomic E-state index is 0.128. The fraction of sp³-hybridized carbons (Fsp3) is 0.312. The summed E-state index contributed by atoms with van der Waals surface area (Å²) in [6.45, 7) is 1.91. The summed E-state index contributed by atoms with van der Waals surface area (Å²) in [5.41, 5.74) is 0.910. The van der Waals surface area contributed by atoms with Crippen molar-refractivity contribution in [2.75, 3.05) is 19.7 Å². The van der Waals surface area contributed by atoms with E-state index in [4.69, 9.17) is 20.8 Å². The first-order valence-electron chi connectivity index (χ1n) is 7.15. The molecule has 0 saturated carbocycles. The van der Waals surface area contributed by atoms with Gasteiger partial charge in [-0.2, -0.15) is 0 Å². The summed E-state index contributed by atoms with van der Waals surface area (Å²) in [7, 11) is 0. The van der Waals surface area contributed by atoms with E-state index >= 15 is 0 Å². The van der Waals surface area contributed by atoms with Gasteiger partial charge in [-0.15, -0.1) is 0 Å². The van der Waals surface area contributed by atoms with Crippen LogP contribution in [0.1, 0.15) is 17.4 Å². The summed E-state index contributed by atoms with van der Waals surface area (Å²) in [5, 5.41) is 3.50. The predicted octanol–water partition coefficient (Wildman–Crippen LogP) is 3.22. The molecule has 0 spiro atoms. The van der Waals surface area contributed by atoms with Gasteiger partial charge in [0.25, 0.3) is 0 Å². The van der Waals surface area contributed by atoms with Crippen LogP contribution < -0.4 is 5.32 Å². The Morgan fingerprint density at radius 1 is 1.32 bits per heavy atom. The van der Waals surface area contributed by atoms with Crippen molar-refractivity contribution < 1.29 is 13.9 Å². The first-order valence-corrected chi connectivity index (χ1v) is 7.53. The molecule has 1 N–H and O–H groups in total. The SMILES string of the molecule is O=C(NCc1ccco1)N1CCO[C@@H](c2ccccc2Cl)C1. The van der Waals surface area contributed by atoms with Crippen molar-refractivity contribution in [2.24, 2.45) is 0 Å². The molecule has 2 amide bonds. The third-order valence-corrected chi connectivity index (χ3v) is 3.94. The van der Waals surface area contributed by atoms with Gasteiger partial charge >= 0.3 is 6.03 Å². The summed E-state index contributed by atoms with van der Waals surface area (Å²) >= 11 is 6.20. The van der Waals surface area contributed by atoms with Crippen LogP contribution in [0.2, 0.25) is 5.02 Å². The van der Waals surface area contributed by atoms with E-state index in [9.17, 15) is 4.79 Å². The number of nitrogens with zero attached hydrogens (tertiary/aromatic N) is 1. The highest BCUT2D eigenvalue weighted by Gasteiger charge is 2.26. The van der Waals surface area contributed by atoms with Crippen LogP contribution in [0.3, 0.4) is 0 Å². The molecule has 0 aliphatic carbocycles. The monoisotopic (exact) mass is 320 g/mol. The summed E-state index contributed by atoms with van der Waals surface area (Å²) < 4.78 is 11.0. The molecule has 1 atom stereocenters. The van der Waals surface area contributed by atoms with Gasteiger partial charge in [0, 0.05) is 17.1 Å². The number of amides is 2. The van der Waals surface area contributed by atoms with Crippen LogP contribution >= 0.6 is 11.6 Å². The molecule has 1 aliphatic rings. The first kappa shape index (κ1) is 14.9. The van der Waals surface area contributed by atoms with E-state index in [2.05, 4.69) is 5.32 Å². The molecule has 1 aromatic carbocycles. The largest absolute Gasteiger partial charge is 0.467 e. The maximum atomic E-state index is 12.2. The van der Waals surface area contributed by atoms with Gasteiger partial charge in [0.2, 0.25) is 0 Å². The number of rotatable bonds is 3. The van der Waals surface area contributed by atoms with Crippen LogP contribution in [-0.4, -0.2) is 30.6 Å². The lowest BCUT2D eigenvalue weighted by Crippen LogP contribution is -2.46. The number of benzene rings is 1. The fourth-order valence-electron chi connectivity index (χ4n) is 2.45. The highest BCUT2D eigenvalue weighted by molar-refractivity contribution is 6.31. The van der Waals surface area contributed by atoms with E-state index in [0.29, 0.717) is 31.3 Å². The molecule has 0 unspecified atom stereocenters. The molecule has 5 nitrogen and oxygen atoms in total. The van der Waals surface area contributed by atoms with Gasteiger partial charge in [0.15, 0.2) is 0 Å². The number of morpholine rings is 1. The van der Waals surface area contributed by atoms with Crippen LogP contribution in [-0.2, 0) is 11.3 Å². The molecule has 1 aliphatic heterocycles. The Kier molecular flexibility index (Phi) is 4.65. The van der Waals surface area contributed by atoms with Gasteiger partial charge in [-0.3, -0.25) is 0 Å². The zero-order valence-corrected chi connectivity index (χ0v) is 12.8. The van der Waals surface area contributed by atoms with Crippen LogP contribution in [0, 0.1) is 0 Å². The number of hydrogen-bond acceptors (Lipinski definition) is 3. The van der Waals surface area contributed by atoms with Crippen LogP contribution in [0.25, 0.3) is 0 Å². The normalized spacial score (nSPS) is 18.2. The van der Waals surface area contributed by atoms with Crippen molar-refractivity contribution in [3.8, 4) is 0 Å². The number of nitrogens with one attached hydrogen (secondary N) is 1. The van der Waals surface area contributed by atoms with E-state index in [1.54, 1.807) is 17.2 Å². The highest BCUT2D eigenvalue weighted by atomic mass is 35.5. The number of hydrogen-bond donors (Lipinski definition) is 1. The van der Waals surface area contributed by atoms with Gasteiger partial charge in [-0.25, -0.2) is 4.79 Å². The van der Waals surface area contributed by atoms with Crippen molar-refractivity contribution in [1.82, 2.24) is 10.2 Å². The molecule has 1 fully saturated rings. The molecule has 1 aromatic heterocycles. The standard InChI is InChI=1S/C16H17ClN2O3/c17-14-6-2-1-5-13(14)15-11-19(7-9-22-15)16(20)18-10-12-4-3-8-21-12/h1-6,8,15H,7,9-11H2,(H,18,20)/t15-/m1/s1. The molecule has 0 bridgehead atoms. The van der Waals surface area contributed by atoms with Crippen LogP contribution in [0.4, 0.5) is 4.79 Å². The van der Waals surface area contributed by atoms with Crippen molar-refractivity contribution in [3.05, 3.63) is 59.0 Å². The zero-order chi connectivity index (χ0) is 15.4. The van der Waals surface area contributed by atoms with E-state index in [1.807, 2.05) is 30.3 Å². The van der Waals surface area contributed by atoms with Crippen molar-refractivity contribution in [1.29, 1.82) is 0 Å². The smallest absolute Gasteiger partial charge is 0.317 e. The maximum Gasteiger partial charge on any atom is 0.317 e. The van der Waals surface area contributed by atoms with E-state index in [-0.39, 0.29) is 12.1 Å². The topological polar surface area (TPSA) is 54.7 Å². The summed E-state index contributed by atoms with van der Waals surface area (Å²) in [5.74, 6) is 0.726. The minimum Gasteiger partial charge on any atom is -0.467 e. The lowest BCUT2D eigenvalue weighted by molar-refractivity contribution is -0.0154. The molecular weight excluding hydrogens is 304 g/mol. The minimum atomic E-state index is -0.197. The number of urea groups is 1. The Morgan fingerprint density at radius 2 is 2.18 bits per heavy atom. The van der Waals surface area contributed by atoms with E-state index in [0.717, 1.165) is 11.3 Å². The van der Waals surface area contributed by atoms with E-state index < -0.39 is 0 Å². The molecule has 116 valence electrons. The lowest BCUT2D eigenvalue weighted by atomic mass is 10.1. The van der Waals surface area contributed by atoms with Crippen molar-refractivity contribution >= 4 is 17.6 Å². The second-order valence-electron chi connectivity index (χ2n) is 5.07. The van der Waals surface area contributed by atoms with Gasteiger partial charge in [-0.1, -0.05) is 29.8 Å². The van der Waals surface area contributed by atoms with Gasteiger partial charge < -0.3 is 19.4 Å². The van der Waals surface area contributed by atoms with Crippen molar-refractivity contribution in [3.63, 3.8) is 0 Å². The van der Waals surface area contributed by atoms with E-state index in [1.165, 1.54) is 0 Å².